The van der Waals surface area contributed by atoms with Crippen molar-refractivity contribution < 1.29 is 19.6 Å². The molecule has 0 atom stereocenters. The number of benzene rings is 1. The van der Waals surface area contributed by atoms with Crippen LogP contribution in [0.15, 0.2) is 18.2 Å². The van der Waals surface area contributed by atoms with Crippen LogP contribution in [0.1, 0.15) is 27.7 Å². The molecule has 0 radical (unpaired) electrons. The van der Waals surface area contributed by atoms with E-state index in [-0.39, 0.29) is 23.7 Å². The van der Waals surface area contributed by atoms with E-state index in [0.29, 0.717) is 6.61 Å². The van der Waals surface area contributed by atoms with Gasteiger partial charge in [0.05, 0.1) is 11.5 Å². The molecular weight excluding hydrogens is 276 g/mol. The van der Waals surface area contributed by atoms with Crippen molar-refractivity contribution in [3.63, 3.8) is 0 Å². The Bertz CT molecular complexity index is 537. The van der Waals surface area contributed by atoms with Crippen LogP contribution in [0, 0.1) is 10.1 Å². The summed E-state index contributed by atoms with van der Waals surface area (Å²) in [4.78, 5) is 23.4. The lowest BCUT2D eigenvalue weighted by Crippen LogP contribution is -2.45. The van der Waals surface area contributed by atoms with Gasteiger partial charge in [0.2, 0.25) is 0 Å². The van der Waals surface area contributed by atoms with Gasteiger partial charge in [-0.05, 0) is 39.8 Å². The zero-order valence-corrected chi connectivity index (χ0v) is 12.6. The highest BCUT2D eigenvalue weighted by molar-refractivity contribution is 5.78. The molecule has 0 amide bonds. The predicted octanol–water partition coefficient (Wildman–Crippen LogP) is 2.68. The van der Waals surface area contributed by atoms with Crippen molar-refractivity contribution in [2.24, 2.45) is 0 Å². The number of rotatable bonds is 6. The van der Waals surface area contributed by atoms with Gasteiger partial charge in [0, 0.05) is 5.54 Å². The molecule has 0 saturated carbocycles. The summed E-state index contributed by atoms with van der Waals surface area (Å²) in [5.74, 6) is -0.916. The molecule has 0 unspecified atom stereocenters. The van der Waals surface area contributed by atoms with Crippen LogP contribution in [-0.2, 0) is 4.79 Å². The maximum atomic E-state index is 11.4. The minimum absolute atomic E-state index is 0.139. The van der Waals surface area contributed by atoms with E-state index < -0.39 is 16.4 Å². The summed E-state index contributed by atoms with van der Waals surface area (Å²) in [5, 5.41) is 20.5. The van der Waals surface area contributed by atoms with E-state index in [0.717, 1.165) is 0 Å². The Balaban J connectivity index is 3.46. The lowest BCUT2D eigenvalue weighted by atomic mass is 10.0. The van der Waals surface area contributed by atoms with Crippen LogP contribution < -0.4 is 9.64 Å². The van der Waals surface area contributed by atoms with Crippen LogP contribution in [0.2, 0.25) is 0 Å². The number of para-hydroxylation sites is 1. The first-order chi connectivity index (χ1) is 9.68. The van der Waals surface area contributed by atoms with Crippen LogP contribution in [0.5, 0.6) is 5.75 Å². The van der Waals surface area contributed by atoms with Gasteiger partial charge in [-0.15, -0.1) is 0 Å². The lowest BCUT2D eigenvalue weighted by molar-refractivity contribution is -0.385. The van der Waals surface area contributed by atoms with Crippen LogP contribution in [0.25, 0.3) is 0 Å². The Hall–Kier alpha value is -2.31. The zero-order valence-electron chi connectivity index (χ0n) is 12.6. The van der Waals surface area contributed by atoms with Crippen LogP contribution >= 0.6 is 0 Å². The highest BCUT2D eigenvalue weighted by Crippen LogP contribution is 2.39. The summed E-state index contributed by atoms with van der Waals surface area (Å²) in [6.45, 7) is 7.08. The molecule has 1 aromatic carbocycles. The summed E-state index contributed by atoms with van der Waals surface area (Å²) in [6.07, 6.45) is 0. The smallest absolute Gasteiger partial charge is 0.333 e. The monoisotopic (exact) mass is 296 g/mol. The SMILES string of the molecule is CCOc1cccc(N(CC(=O)O)C(C)(C)C)c1[N+](=O)[O-]. The first-order valence-corrected chi connectivity index (χ1v) is 6.58. The van der Waals surface area contributed by atoms with Gasteiger partial charge in [0.1, 0.15) is 12.2 Å². The maximum Gasteiger partial charge on any atom is 0.333 e. The average Bonchev–Trinajstić information content (AvgIpc) is 2.34. The highest BCUT2D eigenvalue weighted by atomic mass is 16.6. The number of nitrogens with zero attached hydrogens (tertiary/aromatic N) is 2. The number of hydrogen-bond donors (Lipinski definition) is 1. The molecular formula is C14H20N2O5. The number of hydrogen-bond acceptors (Lipinski definition) is 5. The van der Waals surface area contributed by atoms with Crippen LogP contribution in [0.4, 0.5) is 11.4 Å². The molecule has 21 heavy (non-hydrogen) atoms. The van der Waals surface area contributed by atoms with Gasteiger partial charge in [-0.1, -0.05) is 6.07 Å². The topological polar surface area (TPSA) is 92.9 Å². The number of carboxylic acid groups (broad SMARTS) is 1. The summed E-state index contributed by atoms with van der Waals surface area (Å²) in [6, 6.07) is 4.66. The first-order valence-electron chi connectivity index (χ1n) is 6.58. The number of nitro benzene ring substituents is 1. The molecule has 0 bridgehead atoms. The number of aliphatic carboxylic acids is 1. The van der Waals surface area contributed by atoms with Crippen molar-refractivity contribution in [3.8, 4) is 5.75 Å². The van der Waals surface area contributed by atoms with Crippen molar-refractivity contribution in [1.82, 2.24) is 0 Å². The lowest BCUT2D eigenvalue weighted by Gasteiger charge is -2.36. The molecule has 7 nitrogen and oxygen atoms in total. The van der Waals surface area contributed by atoms with Crippen molar-refractivity contribution in [2.45, 2.75) is 33.2 Å². The zero-order chi connectivity index (χ0) is 16.2. The molecule has 0 saturated heterocycles. The Morgan fingerprint density at radius 1 is 1.43 bits per heavy atom. The number of carbonyl (C=O) groups is 1. The van der Waals surface area contributed by atoms with Crippen molar-refractivity contribution in [3.05, 3.63) is 28.3 Å². The van der Waals surface area contributed by atoms with Gasteiger partial charge in [-0.25, -0.2) is 0 Å². The third-order valence-corrected chi connectivity index (χ3v) is 2.85. The molecule has 0 aromatic heterocycles. The van der Waals surface area contributed by atoms with Crippen LogP contribution in [-0.4, -0.2) is 34.7 Å². The molecule has 1 aromatic rings. The third kappa shape index (κ3) is 4.08. The summed E-state index contributed by atoms with van der Waals surface area (Å²) in [5.41, 5.74) is -0.565. The highest BCUT2D eigenvalue weighted by Gasteiger charge is 2.32. The van der Waals surface area contributed by atoms with E-state index in [2.05, 4.69) is 0 Å². The first kappa shape index (κ1) is 16.7. The van der Waals surface area contributed by atoms with Gasteiger partial charge in [0.25, 0.3) is 0 Å². The molecule has 0 fully saturated rings. The van der Waals surface area contributed by atoms with E-state index in [1.165, 1.54) is 17.0 Å². The number of anilines is 1. The Morgan fingerprint density at radius 3 is 2.48 bits per heavy atom. The second-order valence-corrected chi connectivity index (χ2v) is 5.46. The number of ether oxygens (including phenoxy) is 1. The van der Waals surface area contributed by atoms with Crippen molar-refractivity contribution in [1.29, 1.82) is 0 Å². The number of carboxylic acids is 1. The minimum atomic E-state index is -1.05. The van der Waals surface area contributed by atoms with Gasteiger partial charge in [-0.2, -0.15) is 0 Å². The Kier molecular flexibility index (Phi) is 5.12. The normalized spacial score (nSPS) is 11.0. The average molecular weight is 296 g/mol. The van der Waals surface area contributed by atoms with E-state index in [4.69, 9.17) is 9.84 Å². The van der Waals surface area contributed by atoms with E-state index in [1.54, 1.807) is 33.8 Å². The minimum Gasteiger partial charge on any atom is -0.487 e. The summed E-state index contributed by atoms with van der Waals surface area (Å²) < 4.78 is 5.29. The molecule has 0 heterocycles. The standard InChI is InChI=1S/C14H20N2O5/c1-5-21-11-8-6-7-10(13(11)16(19)20)15(9-12(17)18)14(2,3)4/h6-8H,5,9H2,1-4H3,(H,17,18). The molecule has 0 aliphatic rings. The molecule has 1 rings (SSSR count). The fraction of sp³-hybridized carbons (Fsp3) is 0.500. The number of nitro groups is 1. The van der Waals surface area contributed by atoms with Crippen molar-refractivity contribution >= 4 is 17.3 Å². The molecule has 0 aliphatic heterocycles. The second-order valence-electron chi connectivity index (χ2n) is 5.46. The Labute approximate surface area is 123 Å². The molecule has 116 valence electrons. The van der Waals surface area contributed by atoms with E-state index >= 15 is 0 Å². The van der Waals surface area contributed by atoms with E-state index in [9.17, 15) is 14.9 Å². The van der Waals surface area contributed by atoms with Crippen LogP contribution in [0.3, 0.4) is 0 Å². The Morgan fingerprint density at radius 2 is 2.05 bits per heavy atom. The maximum absolute atomic E-state index is 11.4. The van der Waals surface area contributed by atoms with Gasteiger partial charge in [-0.3, -0.25) is 14.9 Å². The van der Waals surface area contributed by atoms with Crippen molar-refractivity contribution in [2.75, 3.05) is 18.1 Å². The van der Waals surface area contributed by atoms with Gasteiger partial charge < -0.3 is 14.7 Å². The molecule has 0 aliphatic carbocycles. The second kappa shape index (κ2) is 6.43. The fourth-order valence-electron chi connectivity index (χ4n) is 2.00. The third-order valence-electron chi connectivity index (χ3n) is 2.85. The van der Waals surface area contributed by atoms with Gasteiger partial charge >= 0.3 is 11.7 Å². The molecule has 0 spiro atoms. The molecule has 7 heteroatoms. The summed E-state index contributed by atoms with van der Waals surface area (Å²) in [7, 11) is 0. The van der Waals surface area contributed by atoms with Gasteiger partial charge in [0.15, 0.2) is 5.75 Å². The predicted molar refractivity (Wildman–Crippen MR) is 79.0 cm³/mol. The molecule has 1 N–H and O–H groups in total. The quantitative estimate of drug-likeness (QED) is 0.641. The summed E-state index contributed by atoms with van der Waals surface area (Å²) >= 11 is 0. The largest absolute Gasteiger partial charge is 0.487 e. The fourth-order valence-corrected chi connectivity index (χ4v) is 2.00. The van der Waals surface area contributed by atoms with E-state index in [1.807, 2.05) is 0 Å².